The highest BCUT2D eigenvalue weighted by atomic mass is 32.1. The van der Waals surface area contributed by atoms with Crippen LogP contribution in [0.1, 0.15) is 29.0 Å². The van der Waals surface area contributed by atoms with Crippen LogP contribution in [0.5, 0.6) is 0 Å². The molecule has 1 aliphatic carbocycles. The van der Waals surface area contributed by atoms with Gasteiger partial charge in [0.25, 0.3) is 0 Å². The number of rotatable bonds is 6. The minimum Gasteiger partial charge on any atom is -0.276 e. The lowest BCUT2D eigenvalue weighted by Crippen LogP contribution is -2.06. The Morgan fingerprint density at radius 2 is 1.14 bits per heavy atom. The van der Waals surface area contributed by atoms with Gasteiger partial charge in [-0.15, -0.1) is 11.3 Å². The fourth-order valence-corrected chi connectivity index (χ4v) is 11.2. The van der Waals surface area contributed by atoms with Crippen molar-refractivity contribution in [2.24, 2.45) is 0 Å². The first-order valence-electron chi connectivity index (χ1n) is 22.2. The maximum Gasteiger partial charge on any atom is 0.238 e. The van der Waals surface area contributed by atoms with Crippen LogP contribution in [-0.2, 0) is 6.42 Å². The Labute approximate surface area is 380 Å². The Kier molecular flexibility index (Phi) is 8.84. The molecule has 0 fully saturated rings. The summed E-state index contributed by atoms with van der Waals surface area (Å²) in [6, 6.07) is 72.0. The predicted molar refractivity (Wildman–Crippen MR) is 269 cm³/mol. The molecule has 12 aromatic rings. The van der Waals surface area contributed by atoms with E-state index in [-0.39, 0.29) is 0 Å². The van der Waals surface area contributed by atoms with Gasteiger partial charge in [-0.3, -0.25) is 9.55 Å². The van der Waals surface area contributed by atoms with Crippen LogP contribution in [0, 0.1) is 0 Å². The van der Waals surface area contributed by atoms with Gasteiger partial charge in [-0.1, -0.05) is 152 Å². The summed E-state index contributed by atoms with van der Waals surface area (Å²) in [6.45, 7) is 0. The Balaban J connectivity index is 0.956. The van der Waals surface area contributed by atoms with Gasteiger partial charge >= 0.3 is 0 Å². The molecule has 0 saturated heterocycles. The molecule has 0 aliphatic heterocycles. The molecule has 1 aliphatic rings. The number of hydrogen-bond donors (Lipinski definition) is 0. The third kappa shape index (κ3) is 6.36. The molecule has 4 heterocycles. The summed E-state index contributed by atoms with van der Waals surface area (Å²) in [7, 11) is 0. The number of hydrogen-bond acceptors (Lipinski definition) is 5. The average molecular weight is 850 g/mol. The van der Waals surface area contributed by atoms with E-state index in [1.165, 1.54) is 64.7 Å². The van der Waals surface area contributed by atoms with Crippen molar-refractivity contribution in [1.29, 1.82) is 0 Å². The van der Waals surface area contributed by atoms with Crippen molar-refractivity contribution in [2.45, 2.75) is 18.8 Å². The zero-order valence-electron chi connectivity index (χ0n) is 35.3. The zero-order valence-corrected chi connectivity index (χ0v) is 36.1. The third-order valence-electron chi connectivity index (χ3n) is 13.2. The summed E-state index contributed by atoms with van der Waals surface area (Å²) in [5.41, 5.74) is 16.4. The fourth-order valence-electron chi connectivity index (χ4n) is 10.1. The number of aromatic nitrogens is 5. The molecule has 6 heteroatoms. The van der Waals surface area contributed by atoms with E-state index in [0.717, 1.165) is 51.5 Å². The first-order valence-corrected chi connectivity index (χ1v) is 23.0. The van der Waals surface area contributed by atoms with Crippen molar-refractivity contribution in [3.8, 4) is 62.1 Å². The average Bonchev–Trinajstić information content (AvgIpc) is 3.87. The molecule has 0 saturated carbocycles. The van der Waals surface area contributed by atoms with E-state index in [1.807, 2.05) is 84.3 Å². The smallest absolute Gasteiger partial charge is 0.238 e. The predicted octanol–water partition coefficient (Wildman–Crippen LogP) is 15.1. The summed E-state index contributed by atoms with van der Waals surface area (Å²) in [4.78, 5) is 20.2. The van der Waals surface area contributed by atoms with Gasteiger partial charge in [0.1, 0.15) is 0 Å². The zero-order chi connectivity index (χ0) is 42.8. The molecule has 5 nitrogen and oxygen atoms in total. The molecule has 4 aromatic heterocycles. The van der Waals surface area contributed by atoms with Gasteiger partial charge < -0.3 is 0 Å². The van der Waals surface area contributed by atoms with Crippen molar-refractivity contribution >= 4 is 53.4 Å². The number of benzene rings is 8. The number of nitrogens with zero attached hydrogens (tertiary/aromatic N) is 5. The SMILES string of the molecule is c1ccc(-c2nc(-c3ccccc3)nc(-n3c4ccc(-c5cccc6sc7ccc(-c8ccc9c(c8)-c8ccccc8CCC9c8ccccc8)cc7c56)cc4c4ncccc43)n2)cc1. The molecule has 8 aromatic carbocycles. The minimum atomic E-state index is 0.343. The molecular formula is C59H39N5S. The van der Waals surface area contributed by atoms with Crippen molar-refractivity contribution in [3.63, 3.8) is 0 Å². The molecule has 0 radical (unpaired) electrons. The standard InChI is InChI=1S/C59H39N5S/c1-4-14-37(15-5-1)45-29-25-38-16-10-11-21-44(38)48-34-41(26-30-47(45)48)42-28-32-53-50(35-42)55-46(22-12-24-54(55)65-53)43-27-31-51-49(36-43)56-52(23-13-33-60-56)64(51)59-62-57(39-17-6-2-7-18-39)61-58(63-59)40-19-8-3-9-20-40/h1-24,26-28,30-36,45H,25,29H2. The first kappa shape index (κ1) is 37.5. The summed E-state index contributed by atoms with van der Waals surface area (Å²) < 4.78 is 4.68. The lowest BCUT2D eigenvalue weighted by atomic mass is 9.84. The van der Waals surface area contributed by atoms with Crippen LogP contribution >= 0.6 is 11.3 Å². The molecular weight excluding hydrogens is 811 g/mol. The van der Waals surface area contributed by atoms with Crippen molar-refractivity contribution in [1.82, 2.24) is 24.5 Å². The molecule has 0 bridgehead atoms. The second kappa shape index (κ2) is 15.3. The van der Waals surface area contributed by atoms with E-state index in [2.05, 4.69) is 138 Å². The summed E-state index contributed by atoms with van der Waals surface area (Å²) in [5, 5.41) is 3.58. The normalized spacial score (nSPS) is 13.6. The Bertz CT molecular complexity index is 3720. The van der Waals surface area contributed by atoms with E-state index in [4.69, 9.17) is 19.9 Å². The monoisotopic (exact) mass is 849 g/mol. The van der Waals surface area contributed by atoms with Gasteiger partial charge in [0, 0.05) is 48.8 Å². The molecule has 0 spiro atoms. The Hall–Kier alpha value is -8.06. The van der Waals surface area contributed by atoms with Crippen LogP contribution in [0.3, 0.4) is 0 Å². The first-order chi connectivity index (χ1) is 32.2. The Morgan fingerprint density at radius 3 is 1.94 bits per heavy atom. The number of fused-ring (bicyclic) bond motifs is 9. The van der Waals surface area contributed by atoms with Crippen LogP contribution in [0.4, 0.5) is 0 Å². The maximum atomic E-state index is 5.13. The molecule has 1 unspecified atom stereocenters. The second-order valence-corrected chi connectivity index (χ2v) is 18.0. The molecule has 0 amide bonds. The summed E-state index contributed by atoms with van der Waals surface area (Å²) >= 11 is 1.86. The molecule has 1 atom stereocenters. The highest BCUT2D eigenvalue weighted by molar-refractivity contribution is 7.26. The van der Waals surface area contributed by atoms with E-state index in [1.54, 1.807) is 0 Å². The van der Waals surface area contributed by atoms with Crippen molar-refractivity contribution in [3.05, 3.63) is 223 Å². The van der Waals surface area contributed by atoms with E-state index >= 15 is 0 Å². The quantitative estimate of drug-likeness (QED) is 0.167. The number of thiophene rings is 1. The number of pyridine rings is 1. The van der Waals surface area contributed by atoms with Gasteiger partial charge in [0.05, 0.1) is 16.6 Å². The second-order valence-electron chi connectivity index (χ2n) is 16.9. The van der Waals surface area contributed by atoms with E-state index in [0.29, 0.717) is 23.5 Å². The lowest BCUT2D eigenvalue weighted by molar-refractivity contribution is 0.726. The molecule has 306 valence electrons. The van der Waals surface area contributed by atoms with Crippen LogP contribution in [0.2, 0.25) is 0 Å². The molecule has 0 N–H and O–H groups in total. The van der Waals surface area contributed by atoms with Crippen molar-refractivity contribution < 1.29 is 0 Å². The van der Waals surface area contributed by atoms with E-state index < -0.39 is 0 Å². The highest BCUT2D eigenvalue weighted by Crippen LogP contribution is 2.46. The van der Waals surface area contributed by atoms with Crippen LogP contribution in [0.25, 0.3) is 104 Å². The summed E-state index contributed by atoms with van der Waals surface area (Å²) in [5.74, 6) is 2.13. The van der Waals surface area contributed by atoms with Crippen LogP contribution < -0.4 is 0 Å². The van der Waals surface area contributed by atoms with Gasteiger partial charge in [-0.25, -0.2) is 4.98 Å². The number of aryl methyl sites for hydroxylation is 1. The largest absolute Gasteiger partial charge is 0.276 e. The van der Waals surface area contributed by atoms with Gasteiger partial charge in [0.2, 0.25) is 5.95 Å². The molecule has 65 heavy (non-hydrogen) atoms. The topological polar surface area (TPSA) is 56.5 Å². The van der Waals surface area contributed by atoms with Gasteiger partial charge in [-0.2, -0.15) is 9.97 Å². The minimum absolute atomic E-state index is 0.343. The van der Waals surface area contributed by atoms with Gasteiger partial charge in [-0.05, 0) is 111 Å². The van der Waals surface area contributed by atoms with Crippen LogP contribution in [0.15, 0.2) is 206 Å². The lowest BCUT2D eigenvalue weighted by Gasteiger charge is -2.19. The highest BCUT2D eigenvalue weighted by Gasteiger charge is 2.25. The van der Waals surface area contributed by atoms with Crippen molar-refractivity contribution in [2.75, 3.05) is 0 Å². The Morgan fingerprint density at radius 1 is 0.462 bits per heavy atom. The molecule has 13 rings (SSSR count). The fraction of sp³-hybridized carbons (Fsp3) is 0.0508. The third-order valence-corrected chi connectivity index (χ3v) is 14.3. The van der Waals surface area contributed by atoms with Gasteiger partial charge in [0.15, 0.2) is 11.6 Å². The maximum absolute atomic E-state index is 5.13. The summed E-state index contributed by atoms with van der Waals surface area (Å²) in [6.07, 6.45) is 4.02. The van der Waals surface area contributed by atoms with E-state index in [9.17, 15) is 0 Å². The van der Waals surface area contributed by atoms with Crippen LogP contribution in [-0.4, -0.2) is 24.5 Å².